The Labute approximate surface area is 184 Å². The number of carbonyl (C=O) groups excluding carboxylic acids is 1. The Balaban J connectivity index is 1.66. The summed E-state index contributed by atoms with van der Waals surface area (Å²) in [5.74, 6) is -0.284. The molecule has 7 heteroatoms. The second kappa shape index (κ2) is 8.48. The summed E-state index contributed by atoms with van der Waals surface area (Å²) in [5, 5.41) is 14.9. The van der Waals surface area contributed by atoms with Gasteiger partial charge >= 0.3 is 5.97 Å². The van der Waals surface area contributed by atoms with E-state index in [0.717, 1.165) is 10.4 Å². The van der Waals surface area contributed by atoms with Gasteiger partial charge in [-0.05, 0) is 15.4 Å². The molecule has 166 valence electrons. The maximum atomic E-state index is 11.7. The molecule has 2 saturated heterocycles. The van der Waals surface area contributed by atoms with Crippen LogP contribution in [0.5, 0.6) is 0 Å². The molecule has 2 aromatic carbocycles. The summed E-state index contributed by atoms with van der Waals surface area (Å²) in [7, 11) is -0.993. The van der Waals surface area contributed by atoms with Crippen LogP contribution in [0.1, 0.15) is 27.2 Å². The monoisotopic (exact) mass is 441 g/mol. The Morgan fingerprint density at radius 3 is 2.16 bits per heavy atom. The van der Waals surface area contributed by atoms with E-state index in [4.69, 9.17) is 14.0 Å². The average molecular weight is 442 g/mol. The summed E-state index contributed by atoms with van der Waals surface area (Å²) in [4.78, 5) is 17.5. The number of aliphatic hydroxyl groups excluding tert-OH is 1. The molecule has 2 aliphatic rings. The highest BCUT2D eigenvalue weighted by atomic mass is 28.4. The zero-order chi connectivity index (χ0) is 22.2. The molecule has 2 heterocycles. The normalized spacial score (nSPS) is 25.3. The van der Waals surface area contributed by atoms with Gasteiger partial charge in [0.1, 0.15) is 12.1 Å². The van der Waals surface area contributed by atoms with Gasteiger partial charge < -0.3 is 14.3 Å². The van der Waals surface area contributed by atoms with Gasteiger partial charge in [-0.25, -0.2) is 0 Å². The number of hydrogen-bond acceptors (Lipinski definition) is 6. The highest BCUT2D eigenvalue weighted by Crippen LogP contribution is 2.38. The van der Waals surface area contributed by atoms with E-state index in [2.05, 4.69) is 45.0 Å². The molecule has 0 saturated carbocycles. The van der Waals surface area contributed by atoms with Gasteiger partial charge in [0.15, 0.2) is 6.10 Å². The van der Waals surface area contributed by atoms with Crippen LogP contribution in [0.4, 0.5) is 0 Å². The third-order valence-electron chi connectivity index (χ3n) is 6.34. The fourth-order valence-corrected chi connectivity index (χ4v) is 9.54. The summed E-state index contributed by atoms with van der Waals surface area (Å²) in [5.41, 5.74) is 0. The van der Waals surface area contributed by atoms with Crippen molar-refractivity contribution in [1.82, 2.24) is 5.06 Å². The smallest absolute Gasteiger partial charge is 0.309 e. The first-order valence-electron chi connectivity index (χ1n) is 10.8. The number of aliphatic hydroxyl groups is 1. The minimum Gasteiger partial charge on any atom is -0.458 e. The van der Waals surface area contributed by atoms with Gasteiger partial charge in [0.25, 0.3) is 8.32 Å². The third kappa shape index (κ3) is 3.96. The quantitative estimate of drug-likeness (QED) is 0.545. The fourth-order valence-electron chi connectivity index (χ4n) is 4.97. The van der Waals surface area contributed by atoms with Crippen molar-refractivity contribution in [3.8, 4) is 0 Å². The van der Waals surface area contributed by atoms with Crippen LogP contribution in [-0.4, -0.2) is 62.5 Å². The van der Waals surface area contributed by atoms with E-state index in [-0.39, 0.29) is 30.1 Å². The molecular weight excluding hydrogens is 410 g/mol. The van der Waals surface area contributed by atoms with Crippen molar-refractivity contribution in [3.63, 3.8) is 0 Å². The van der Waals surface area contributed by atoms with Gasteiger partial charge in [-0.1, -0.05) is 81.4 Å². The van der Waals surface area contributed by atoms with E-state index in [0.29, 0.717) is 0 Å². The van der Waals surface area contributed by atoms with Crippen molar-refractivity contribution in [2.45, 2.75) is 56.6 Å². The number of likely N-dealkylation sites (N-methyl/N-ethyl adjacent to an activating group) is 1. The van der Waals surface area contributed by atoms with E-state index in [1.165, 1.54) is 0 Å². The van der Waals surface area contributed by atoms with Crippen molar-refractivity contribution in [2.75, 3.05) is 13.7 Å². The van der Waals surface area contributed by atoms with Gasteiger partial charge in [0.2, 0.25) is 0 Å². The lowest BCUT2D eigenvalue weighted by Gasteiger charge is -2.43. The minimum absolute atomic E-state index is 0.117. The van der Waals surface area contributed by atoms with Gasteiger partial charge in [-0.15, -0.1) is 0 Å². The Bertz CT molecular complexity index is 862. The summed E-state index contributed by atoms with van der Waals surface area (Å²) in [6.07, 6.45) is -1.47. The number of hydrogen-bond donors (Lipinski definition) is 1. The molecule has 0 amide bonds. The highest BCUT2D eigenvalue weighted by Gasteiger charge is 2.54. The molecule has 2 aliphatic heterocycles. The zero-order valence-electron chi connectivity index (χ0n) is 18.5. The number of rotatable bonds is 6. The van der Waals surface area contributed by atoms with Crippen molar-refractivity contribution in [2.24, 2.45) is 0 Å². The van der Waals surface area contributed by atoms with Crippen LogP contribution in [-0.2, 0) is 18.8 Å². The Hall–Kier alpha value is -2.03. The first kappa shape index (κ1) is 22.2. The van der Waals surface area contributed by atoms with Gasteiger partial charge in [-0.3, -0.25) is 9.63 Å². The maximum Gasteiger partial charge on any atom is 0.309 e. The van der Waals surface area contributed by atoms with Gasteiger partial charge in [0, 0.05) is 7.05 Å². The predicted molar refractivity (Wildman–Crippen MR) is 121 cm³/mol. The molecule has 0 radical (unpaired) electrons. The van der Waals surface area contributed by atoms with Crippen molar-refractivity contribution in [3.05, 3.63) is 60.7 Å². The SMILES string of the molecule is CN1O[C@@H]2CC(=O)O[C@@H]2[C@H]1[C@H](O)CO[Si](c1ccccc1)(c1ccccc1)C(C)(C)C. The standard InChI is InChI=1S/C24H31NO5Si/c1-24(2,3)31(17-11-7-5-8-12-17,18-13-9-6-10-14-18)28-16-19(26)22-23-20(30-25(22)4)15-21(27)29-23/h5-14,19-20,22-23,26H,15-16H2,1-4H3/t19-,20-,22-,23+/m1/s1. The second-order valence-electron chi connectivity index (χ2n) is 9.38. The lowest BCUT2D eigenvalue weighted by atomic mass is 10.0. The van der Waals surface area contributed by atoms with Crippen LogP contribution in [0.25, 0.3) is 0 Å². The first-order chi connectivity index (χ1) is 14.7. The van der Waals surface area contributed by atoms with E-state index in [1.807, 2.05) is 36.4 Å². The molecule has 0 bridgehead atoms. The Kier molecular flexibility index (Phi) is 6.07. The Morgan fingerprint density at radius 2 is 1.65 bits per heavy atom. The van der Waals surface area contributed by atoms with Crippen LogP contribution in [0.15, 0.2) is 60.7 Å². The Morgan fingerprint density at radius 1 is 1.10 bits per heavy atom. The molecular formula is C24H31NO5Si. The largest absolute Gasteiger partial charge is 0.458 e. The molecule has 0 spiro atoms. The van der Waals surface area contributed by atoms with E-state index in [1.54, 1.807) is 12.1 Å². The van der Waals surface area contributed by atoms with Gasteiger partial charge in [-0.2, -0.15) is 5.06 Å². The van der Waals surface area contributed by atoms with E-state index >= 15 is 0 Å². The molecule has 6 nitrogen and oxygen atoms in total. The number of esters is 1. The number of ether oxygens (including phenoxy) is 1. The fraction of sp³-hybridized carbons (Fsp3) is 0.458. The predicted octanol–water partition coefficient (Wildman–Crippen LogP) is 1.85. The summed E-state index contributed by atoms with van der Waals surface area (Å²) in [6, 6.07) is 20.2. The molecule has 1 N–H and O–H groups in total. The zero-order valence-corrected chi connectivity index (χ0v) is 19.5. The average Bonchev–Trinajstić information content (AvgIpc) is 3.22. The summed E-state index contributed by atoms with van der Waals surface area (Å²) in [6.45, 7) is 6.72. The van der Waals surface area contributed by atoms with Crippen molar-refractivity contribution < 1.29 is 23.9 Å². The molecule has 2 aromatic rings. The van der Waals surface area contributed by atoms with Crippen LogP contribution >= 0.6 is 0 Å². The second-order valence-corrected chi connectivity index (χ2v) is 13.7. The lowest BCUT2D eigenvalue weighted by molar-refractivity contribution is -0.169. The van der Waals surface area contributed by atoms with Crippen LogP contribution in [0.2, 0.25) is 5.04 Å². The number of hydroxylamine groups is 2. The minimum atomic E-state index is -2.76. The molecule has 0 aromatic heterocycles. The van der Waals surface area contributed by atoms with Crippen molar-refractivity contribution in [1.29, 1.82) is 0 Å². The lowest BCUT2D eigenvalue weighted by Crippen LogP contribution is -2.67. The molecule has 31 heavy (non-hydrogen) atoms. The van der Waals surface area contributed by atoms with Crippen LogP contribution in [0, 0.1) is 0 Å². The number of benzene rings is 2. The molecule has 2 fully saturated rings. The molecule has 4 rings (SSSR count). The van der Waals surface area contributed by atoms with Crippen LogP contribution in [0.3, 0.4) is 0 Å². The van der Waals surface area contributed by atoms with Gasteiger partial charge in [0.05, 0.1) is 19.1 Å². The number of carbonyl (C=O) groups is 1. The van der Waals surface area contributed by atoms with Crippen LogP contribution < -0.4 is 10.4 Å². The molecule has 4 atom stereocenters. The maximum absolute atomic E-state index is 11.7. The molecule has 0 aliphatic carbocycles. The topological polar surface area (TPSA) is 68.2 Å². The first-order valence-corrected chi connectivity index (χ1v) is 12.7. The number of nitrogens with zero attached hydrogens (tertiary/aromatic N) is 1. The highest BCUT2D eigenvalue weighted by molar-refractivity contribution is 6.99. The van der Waals surface area contributed by atoms with E-state index < -0.39 is 26.6 Å². The van der Waals surface area contributed by atoms with E-state index in [9.17, 15) is 9.90 Å². The van der Waals surface area contributed by atoms with Crippen molar-refractivity contribution >= 4 is 24.7 Å². The summed E-state index contributed by atoms with van der Waals surface area (Å²) >= 11 is 0. The summed E-state index contributed by atoms with van der Waals surface area (Å²) < 4.78 is 12.3. The third-order valence-corrected chi connectivity index (χ3v) is 11.3. The molecule has 0 unspecified atom stereocenters. The number of fused-ring (bicyclic) bond motifs is 1.